The maximum absolute atomic E-state index is 13.4. The highest BCUT2D eigenvalue weighted by atomic mass is 32.2. The third kappa shape index (κ3) is 8.51. The first-order valence-electron chi connectivity index (χ1n) is 14.1. The Bertz CT molecular complexity index is 1730. The van der Waals surface area contributed by atoms with Gasteiger partial charge in [-0.25, -0.2) is 17.5 Å². The zero-order chi connectivity index (χ0) is 31.5. The maximum atomic E-state index is 13.4. The molecule has 0 aliphatic rings. The zero-order valence-corrected chi connectivity index (χ0v) is 24.9. The zero-order valence-electron chi connectivity index (χ0n) is 24.1. The number of hydrogen-bond acceptors (Lipinski definition) is 6. The van der Waals surface area contributed by atoms with E-state index >= 15 is 0 Å². The van der Waals surface area contributed by atoms with Gasteiger partial charge in [0, 0.05) is 23.2 Å². The van der Waals surface area contributed by atoms with Crippen LogP contribution in [0.2, 0.25) is 0 Å². The predicted molar refractivity (Wildman–Crippen MR) is 169 cm³/mol. The van der Waals surface area contributed by atoms with Gasteiger partial charge in [0.05, 0.1) is 17.1 Å². The van der Waals surface area contributed by atoms with Gasteiger partial charge in [0.15, 0.2) is 0 Å². The summed E-state index contributed by atoms with van der Waals surface area (Å²) in [7, 11) is -4.26. The minimum absolute atomic E-state index is 0.0172. The Labute approximate surface area is 255 Å². The van der Waals surface area contributed by atoms with E-state index in [0.29, 0.717) is 28.9 Å². The summed E-state index contributed by atoms with van der Waals surface area (Å²) in [6.45, 7) is 1.38. The average molecular weight is 617 g/mol. The van der Waals surface area contributed by atoms with Crippen LogP contribution in [-0.2, 0) is 21.5 Å². The molecule has 0 heterocycles. The topological polar surface area (TPSA) is 133 Å². The number of para-hydroxylation sites is 1. The summed E-state index contributed by atoms with van der Waals surface area (Å²) in [5.74, 6) is -1.68. The van der Waals surface area contributed by atoms with Gasteiger partial charge >= 0.3 is 0 Å². The number of rotatable bonds is 13. The molecule has 0 atom stereocenters. The molecule has 0 radical (unpaired) electrons. The molecule has 3 amide bonds. The lowest BCUT2D eigenvalue weighted by Gasteiger charge is -2.16. The van der Waals surface area contributed by atoms with Gasteiger partial charge in [-0.15, -0.1) is 0 Å². The summed E-state index contributed by atoms with van der Waals surface area (Å²) in [6, 6.07) is 25.5. The van der Waals surface area contributed by atoms with Crippen molar-refractivity contribution in [3.63, 3.8) is 0 Å². The molecular formula is C33H33FN4O5S. The highest BCUT2D eigenvalue weighted by Crippen LogP contribution is 2.29. The van der Waals surface area contributed by atoms with Gasteiger partial charge in [0.2, 0.25) is 5.91 Å². The van der Waals surface area contributed by atoms with E-state index < -0.39 is 34.4 Å². The highest BCUT2D eigenvalue weighted by Gasteiger charge is 2.22. The number of nitrogens with one attached hydrogen (secondary N) is 4. The number of benzene rings is 4. The summed E-state index contributed by atoms with van der Waals surface area (Å²) in [5.41, 5.74) is 2.40. The fourth-order valence-corrected chi connectivity index (χ4v) is 5.48. The highest BCUT2D eigenvalue weighted by molar-refractivity contribution is 7.90. The second kappa shape index (κ2) is 14.9. The van der Waals surface area contributed by atoms with E-state index in [9.17, 15) is 27.2 Å². The van der Waals surface area contributed by atoms with Crippen LogP contribution in [0, 0.1) is 0 Å². The number of halogens is 1. The Hall–Kier alpha value is -5.03. The molecule has 11 heteroatoms. The molecule has 0 aromatic heterocycles. The molecule has 44 heavy (non-hydrogen) atoms. The monoisotopic (exact) mass is 616 g/mol. The molecule has 0 saturated carbocycles. The molecule has 4 N–H and O–H groups in total. The fourth-order valence-electron chi connectivity index (χ4n) is 4.30. The van der Waals surface area contributed by atoms with Gasteiger partial charge in [-0.3, -0.25) is 14.4 Å². The van der Waals surface area contributed by atoms with E-state index in [1.54, 1.807) is 66.7 Å². The molecule has 4 aromatic carbocycles. The van der Waals surface area contributed by atoms with Crippen molar-refractivity contribution in [1.29, 1.82) is 0 Å². The molecule has 0 aliphatic carbocycles. The van der Waals surface area contributed by atoms with Gasteiger partial charge in [-0.05, 0) is 66.6 Å². The Balaban J connectivity index is 1.60. The number of sulfonamides is 1. The average Bonchev–Trinajstić information content (AvgIpc) is 3.02. The van der Waals surface area contributed by atoms with Crippen LogP contribution < -0.4 is 20.7 Å². The van der Waals surface area contributed by atoms with Crippen molar-refractivity contribution in [1.82, 2.24) is 4.72 Å². The van der Waals surface area contributed by atoms with Crippen LogP contribution in [0.4, 0.5) is 27.1 Å². The molecule has 0 aliphatic heterocycles. The van der Waals surface area contributed by atoms with E-state index in [0.717, 1.165) is 12.8 Å². The molecule has 0 spiro atoms. The summed E-state index contributed by atoms with van der Waals surface area (Å²) in [5, 5.41) is 8.61. The maximum Gasteiger partial charge on any atom is 0.266 e. The first-order valence-corrected chi connectivity index (χ1v) is 15.6. The second-order valence-electron chi connectivity index (χ2n) is 9.97. The van der Waals surface area contributed by atoms with E-state index in [1.165, 1.54) is 30.3 Å². The molecule has 228 valence electrons. The normalized spacial score (nSPS) is 11.0. The number of carbonyl (C=O) groups is 3. The largest absolute Gasteiger partial charge is 0.354 e. The number of carbonyl (C=O) groups excluding carboxylic acids is 3. The first-order chi connectivity index (χ1) is 21.2. The Kier molecular flexibility index (Phi) is 10.8. The van der Waals surface area contributed by atoms with Crippen molar-refractivity contribution in [2.45, 2.75) is 44.2 Å². The molecule has 4 rings (SSSR count). The van der Waals surface area contributed by atoms with E-state index in [2.05, 4.69) is 20.7 Å². The first kappa shape index (κ1) is 31.9. The Morgan fingerprint density at radius 1 is 0.705 bits per heavy atom. The van der Waals surface area contributed by atoms with E-state index in [-0.39, 0.29) is 28.3 Å². The summed E-state index contributed by atoms with van der Waals surface area (Å²) in [4.78, 5) is 38.4. The molecule has 0 saturated heterocycles. The van der Waals surface area contributed by atoms with Gasteiger partial charge in [0.25, 0.3) is 21.8 Å². The number of anilines is 4. The van der Waals surface area contributed by atoms with Crippen molar-refractivity contribution in [3.05, 3.63) is 114 Å². The standard InChI is InChI=1S/C33H33FN4O5S/c1-2-3-5-14-31(39)38-44(42,43)30-13-9-8-12-28(30)36-33(41)25-17-20-27(35-26-18-15-23(22-34)16-19-26)29(21-25)37-32(40)24-10-6-4-7-11-24/h4,6-13,15-21,35H,2-3,5,14,22H2,1H3,(H,36,41)(H,37,40)(H,38,39). The number of amides is 3. The van der Waals surface area contributed by atoms with Crippen molar-refractivity contribution >= 4 is 50.5 Å². The smallest absolute Gasteiger partial charge is 0.266 e. The molecule has 0 fully saturated rings. The lowest BCUT2D eigenvalue weighted by atomic mass is 10.1. The van der Waals surface area contributed by atoms with Crippen LogP contribution in [0.25, 0.3) is 0 Å². The SMILES string of the molecule is CCCCCC(=O)NS(=O)(=O)c1ccccc1NC(=O)c1ccc(Nc2ccc(CF)cc2)c(NC(=O)c2ccccc2)c1. The van der Waals surface area contributed by atoms with Gasteiger partial charge in [0.1, 0.15) is 11.6 Å². The summed E-state index contributed by atoms with van der Waals surface area (Å²) in [6.07, 6.45) is 2.32. The van der Waals surface area contributed by atoms with E-state index in [1.807, 2.05) is 6.92 Å². The molecule has 4 aromatic rings. The third-order valence-electron chi connectivity index (χ3n) is 6.63. The fraction of sp³-hybridized carbons (Fsp3) is 0.182. The van der Waals surface area contributed by atoms with Crippen LogP contribution in [0.1, 0.15) is 58.9 Å². The predicted octanol–water partition coefficient (Wildman–Crippen LogP) is 6.79. The van der Waals surface area contributed by atoms with Crippen LogP contribution >= 0.6 is 0 Å². The Morgan fingerprint density at radius 2 is 1.36 bits per heavy atom. The molecular weight excluding hydrogens is 583 g/mol. The van der Waals surface area contributed by atoms with Crippen molar-refractivity contribution in [2.75, 3.05) is 16.0 Å². The second-order valence-corrected chi connectivity index (χ2v) is 11.6. The van der Waals surface area contributed by atoms with Crippen LogP contribution in [-0.4, -0.2) is 26.1 Å². The van der Waals surface area contributed by atoms with E-state index in [4.69, 9.17) is 0 Å². The number of hydrogen-bond donors (Lipinski definition) is 4. The number of unbranched alkanes of at least 4 members (excludes halogenated alkanes) is 2. The summed E-state index contributed by atoms with van der Waals surface area (Å²) < 4.78 is 41.1. The minimum Gasteiger partial charge on any atom is -0.354 e. The van der Waals surface area contributed by atoms with Crippen LogP contribution in [0.5, 0.6) is 0 Å². The van der Waals surface area contributed by atoms with Crippen molar-refractivity contribution < 1.29 is 27.2 Å². The Morgan fingerprint density at radius 3 is 2.07 bits per heavy atom. The quantitative estimate of drug-likeness (QED) is 0.122. The lowest BCUT2D eigenvalue weighted by Crippen LogP contribution is -2.31. The van der Waals surface area contributed by atoms with Crippen LogP contribution in [0.3, 0.4) is 0 Å². The molecule has 0 bridgehead atoms. The van der Waals surface area contributed by atoms with Gasteiger partial charge in [-0.2, -0.15) is 0 Å². The lowest BCUT2D eigenvalue weighted by molar-refractivity contribution is -0.119. The number of alkyl halides is 1. The van der Waals surface area contributed by atoms with Crippen molar-refractivity contribution in [2.24, 2.45) is 0 Å². The minimum atomic E-state index is -4.26. The van der Waals surface area contributed by atoms with Crippen molar-refractivity contribution in [3.8, 4) is 0 Å². The van der Waals surface area contributed by atoms with Gasteiger partial charge < -0.3 is 16.0 Å². The van der Waals surface area contributed by atoms with Crippen LogP contribution in [0.15, 0.2) is 102 Å². The molecule has 9 nitrogen and oxygen atoms in total. The third-order valence-corrected chi connectivity index (χ3v) is 8.06. The summed E-state index contributed by atoms with van der Waals surface area (Å²) >= 11 is 0. The molecule has 0 unspecified atom stereocenters. The van der Waals surface area contributed by atoms with Gasteiger partial charge in [-0.1, -0.05) is 62.2 Å².